The van der Waals surface area contributed by atoms with E-state index in [9.17, 15) is 0 Å². The van der Waals surface area contributed by atoms with Gasteiger partial charge in [0.25, 0.3) is 0 Å². The molecule has 186 valence electrons. The number of allylic oxidation sites excluding steroid dienone is 4. The van der Waals surface area contributed by atoms with Crippen molar-refractivity contribution in [3.05, 3.63) is 67.3 Å². The molecule has 3 aromatic rings. The van der Waals surface area contributed by atoms with Gasteiger partial charge in [-0.05, 0) is 144 Å². The number of fused-ring (bicyclic) bond motifs is 8. The number of hydrogen-bond acceptors (Lipinski definition) is 2. The second-order valence-electron chi connectivity index (χ2n) is 10.9. The average Bonchev–Trinajstić information content (AvgIpc) is 3.52. The number of nitrogens with zero attached hydrogens (tertiary/aromatic N) is 2. The third kappa shape index (κ3) is 3.13. The van der Waals surface area contributed by atoms with Gasteiger partial charge in [0.2, 0.25) is 0 Å². The topological polar surface area (TPSA) is 57.4 Å². The lowest BCUT2D eigenvalue weighted by Gasteiger charge is -2.03. The van der Waals surface area contributed by atoms with Crippen LogP contribution in [0.5, 0.6) is 0 Å². The lowest BCUT2D eigenvalue weighted by atomic mass is 9.99. The first-order valence-electron chi connectivity index (χ1n) is 12.9. The van der Waals surface area contributed by atoms with Gasteiger partial charge in [0.15, 0.2) is 0 Å². The number of hydrogen-bond donors (Lipinski definition) is 2. The minimum absolute atomic E-state index is 1.05. The van der Waals surface area contributed by atoms with Gasteiger partial charge in [-0.3, -0.25) is 0 Å². The Morgan fingerprint density at radius 2 is 0.556 bits per heavy atom. The number of aromatic amines is 2. The van der Waals surface area contributed by atoms with Gasteiger partial charge in [-0.15, -0.1) is 0 Å². The van der Waals surface area contributed by atoms with Crippen molar-refractivity contribution in [3.63, 3.8) is 0 Å². The zero-order valence-electron chi connectivity index (χ0n) is 23.9. The largest absolute Gasteiger partial charge is 0.355 e. The number of rotatable bonds is 0. The molecule has 2 aliphatic heterocycles. The summed E-state index contributed by atoms with van der Waals surface area (Å²) in [5.74, 6) is 0. The van der Waals surface area contributed by atoms with Crippen LogP contribution in [0.25, 0.3) is 44.4 Å². The fraction of sp³-hybridized carbons (Fsp3) is 0.375. The number of nitrogens with one attached hydrogen (secondary N) is 2. The van der Waals surface area contributed by atoms with Gasteiger partial charge < -0.3 is 9.97 Å². The highest BCUT2D eigenvalue weighted by molar-refractivity contribution is 5.97. The van der Waals surface area contributed by atoms with Crippen molar-refractivity contribution in [2.24, 2.45) is 0 Å². The van der Waals surface area contributed by atoms with Gasteiger partial charge in [-0.25, -0.2) is 9.97 Å². The summed E-state index contributed by atoms with van der Waals surface area (Å²) in [6, 6.07) is 0. The van der Waals surface area contributed by atoms with Crippen molar-refractivity contribution in [1.29, 1.82) is 0 Å². The normalized spacial score (nSPS) is 13.9. The molecule has 0 unspecified atom stereocenters. The van der Waals surface area contributed by atoms with E-state index in [4.69, 9.17) is 9.97 Å². The van der Waals surface area contributed by atoms with Crippen molar-refractivity contribution < 1.29 is 0 Å². The van der Waals surface area contributed by atoms with Gasteiger partial charge in [-0.2, -0.15) is 0 Å². The molecule has 0 saturated carbocycles. The Bertz CT molecular complexity index is 1610. The maximum Gasteiger partial charge on any atom is 0.0720 e. The van der Waals surface area contributed by atoms with E-state index in [1.807, 2.05) is 0 Å². The molecule has 0 aromatic carbocycles. The summed E-state index contributed by atoms with van der Waals surface area (Å²) < 4.78 is 0. The Hall–Kier alpha value is -3.40. The summed E-state index contributed by atoms with van der Waals surface area (Å²) in [6.07, 6.45) is 0. The highest BCUT2D eigenvalue weighted by Crippen LogP contribution is 2.39. The maximum atomic E-state index is 5.23. The van der Waals surface area contributed by atoms with Crippen molar-refractivity contribution >= 4 is 44.4 Å². The van der Waals surface area contributed by atoms with Crippen LogP contribution in [-0.2, 0) is 0 Å². The fourth-order valence-corrected chi connectivity index (χ4v) is 6.08. The zero-order chi connectivity index (χ0) is 26.4. The lowest BCUT2D eigenvalue weighted by Crippen LogP contribution is -1.92. The van der Waals surface area contributed by atoms with Gasteiger partial charge >= 0.3 is 0 Å². The van der Waals surface area contributed by atoms with Crippen molar-refractivity contribution in [1.82, 2.24) is 19.9 Å². The first-order valence-corrected chi connectivity index (χ1v) is 12.9. The molecule has 4 heteroatoms. The number of aryl methyl sites for hydroxylation is 7. The van der Waals surface area contributed by atoms with Crippen LogP contribution in [0.15, 0.2) is 0 Å². The Labute approximate surface area is 214 Å². The molecule has 5 rings (SSSR count). The predicted molar refractivity (Wildman–Crippen MR) is 155 cm³/mol. The molecule has 2 aliphatic rings. The minimum atomic E-state index is 1.05. The van der Waals surface area contributed by atoms with E-state index >= 15 is 0 Å². The van der Waals surface area contributed by atoms with Gasteiger partial charge in [0.05, 0.1) is 22.8 Å². The smallest absolute Gasteiger partial charge is 0.0720 e. The number of H-pyrrole nitrogens is 2. The quantitative estimate of drug-likeness (QED) is 0.339. The molecule has 36 heavy (non-hydrogen) atoms. The predicted octanol–water partition coefficient (Wildman–Crippen LogP) is 8.68. The summed E-state index contributed by atoms with van der Waals surface area (Å²) in [5, 5.41) is 0. The number of aromatic nitrogens is 4. The maximum absolute atomic E-state index is 5.23. The Balaban J connectivity index is 2.14. The van der Waals surface area contributed by atoms with E-state index < -0.39 is 0 Å². The fourth-order valence-electron chi connectivity index (χ4n) is 6.08. The summed E-state index contributed by atoms with van der Waals surface area (Å²) in [7, 11) is 0. The second kappa shape index (κ2) is 8.06. The standard InChI is InChI=1S/C32H38N4/c1-13-14(2)26-22(10)28-17(5)18(6)30(35-28)24(12)32-20(8)19(7)31(36-32)23(11)29-16(4)15(3)27(34-29)21(9)25(13)33-26/h33-34H,1-12H3. The zero-order valence-corrected chi connectivity index (χ0v) is 23.9. The van der Waals surface area contributed by atoms with Crippen LogP contribution < -0.4 is 0 Å². The van der Waals surface area contributed by atoms with E-state index in [2.05, 4.69) is 93.1 Å². The van der Waals surface area contributed by atoms with Gasteiger partial charge in [-0.1, -0.05) is 0 Å². The third-order valence-corrected chi connectivity index (χ3v) is 9.04. The van der Waals surface area contributed by atoms with Crippen LogP contribution in [0.3, 0.4) is 0 Å². The molecule has 0 amide bonds. The molecule has 4 nitrogen and oxygen atoms in total. The molecular weight excluding hydrogens is 440 g/mol. The highest BCUT2D eigenvalue weighted by Gasteiger charge is 2.24. The first kappa shape index (κ1) is 24.3. The molecule has 0 radical (unpaired) electrons. The summed E-state index contributed by atoms with van der Waals surface area (Å²) in [5.41, 5.74) is 23.8. The van der Waals surface area contributed by atoms with E-state index in [0.717, 1.165) is 28.3 Å². The molecule has 3 aromatic heterocycles. The molecular formula is C32H38N4. The molecule has 5 heterocycles. The summed E-state index contributed by atoms with van der Waals surface area (Å²) in [4.78, 5) is 18.1. The minimum Gasteiger partial charge on any atom is -0.355 e. The molecule has 0 atom stereocenters. The lowest BCUT2D eigenvalue weighted by molar-refractivity contribution is 1.17. The molecule has 0 saturated heterocycles. The average molecular weight is 479 g/mol. The Morgan fingerprint density at radius 3 is 0.861 bits per heavy atom. The molecule has 2 N–H and O–H groups in total. The van der Waals surface area contributed by atoms with Crippen molar-refractivity contribution in [2.75, 3.05) is 0 Å². The van der Waals surface area contributed by atoms with E-state index in [-0.39, 0.29) is 0 Å². The van der Waals surface area contributed by atoms with Crippen LogP contribution in [0.1, 0.15) is 95.0 Å². The Morgan fingerprint density at radius 1 is 0.306 bits per heavy atom. The van der Waals surface area contributed by atoms with Crippen molar-refractivity contribution in [2.45, 2.75) is 83.1 Å². The van der Waals surface area contributed by atoms with Crippen LogP contribution in [0, 0.1) is 55.4 Å². The van der Waals surface area contributed by atoms with E-state index in [1.54, 1.807) is 0 Å². The summed E-state index contributed by atoms with van der Waals surface area (Å²) >= 11 is 0. The second-order valence-corrected chi connectivity index (χ2v) is 10.9. The van der Waals surface area contributed by atoms with Crippen LogP contribution in [-0.4, -0.2) is 19.9 Å². The molecule has 0 aliphatic carbocycles. The van der Waals surface area contributed by atoms with Gasteiger partial charge in [0.1, 0.15) is 0 Å². The highest BCUT2D eigenvalue weighted by atomic mass is 14.8. The van der Waals surface area contributed by atoms with E-state index in [0.29, 0.717) is 0 Å². The first-order chi connectivity index (χ1) is 16.9. The SMILES string of the molecule is CC1=C(C)c2nc1c(C)c1nc(c(C)c3[nH]c(c(C)c3C)c(C)c3[nH]c(c2C)c(C)c3C)C(C)=C1C. The third-order valence-electron chi connectivity index (χ3n) is 9.04. The van der Waals surface area contributed by atoms with E-state index in [1.165, 1.54) is 83.3 Å². The molecule has 8 bridgehead atoms. The van der Waals surface area contributed by atoms with Gasteiger partial charge in [0, 0.05) is 27.6 Å². The van der Waals surface area contributed by atoms with Crippen LogP contribution in [0.2, 0.25) is 0 Å². The van der Waals surface area contributed by atoms with Crippen LogP contribution >= 0.6 is 0 Å². The van der Waals surface area contributed by atoms with Crippen molar-refractivity contribution in [3.8, 4) is 0 Å². The molecule has 0 spiro atoms. The Kier molecular flexibility index (Phi) is 5.44. The molecule has 0 fully saturated rings. The monoisotopic (exact) mass is 478 g/mol. The summed E-state index contributed by atoms with van der Waals surface area (Å²) in [6.45, 7) is 26.4. The van der Waals surface area contributed by atoms with Crippen LogP contribution in [0.4, 0.5) is 0 Å².